The number of hydrogen-bond donors (Lipinski definition) is 1. The summed E-state index contributed by atoms with van der Waals surface area (Å²) >= 11 is 5.94. The number of oxime groups is 1. The van der Waals surface area contributed by atoms with Crippen molar-refractivity contribution in [1.82, 2.24) is 5.32 Å². The van der Waals surface area contributed by atoms with E-state index in [2.05, 4.69) is 10.5 Å². The third kappa shape index (κ3) is 4.47. The van der Waals surface area contributed by atoms with Crippen molar-refractivity contribution in [2.75, 3.05) is 14.2 Å². The molecule has 0 aliphatic carbocycles. The van der Waals surface area contributed by atoms with Crippen LogP contribution in [-0.2, 0) is 16.2 Å². The lowest BCUT2D eigenvalue weighted by molar-refractivity contribution is -0.114. The highest BCUT2D eigenvalue weighted by atomic mass is 35.5. The van der Waals surface area contributed by atoms with Crippen LogP contribution >= 0.6 is 11.6 Å². The number of carbonyl (C=O) groups is 1. The Bertz CT molecular complexity index is 716. The van der Waals surface area contributed by atoms with Crippen LogP contribution in [-0.4, -0.2) is 25.8 Å². The second-order valence-electron chi connectivity index (χ2n) is 4.60. The number of carbonyl (C=O) groups excluding carboxylic acids is 1. The van der Waals surface area contributed by atoms with E-state index in [1.165, 1.54) is 7.11 Å². The molecular weight excluding hydrogens is 316 g/mol. The average Bonchev–Trinajstić information content (AvgIpc) is 2.58. The monoisotopic (exact) mass is 332 g/mol. The van der Waals surface area contributed by atoms with Gasteiger partial charge in [0.2, 0.25) is 0 Å². The van der Waals surface area contributed by atoms with Crippen LogP contribution in [0.4, 0.5) is 0 Å². The first-order chi connectivity index (χ1) is 11.2. The van der Waals surface area contributed by atoms with Crippen molar-refractivity contribution in [3.8, 4) is 5.75 Å². The Morgan fingerprint density at radius 1 is 1.22 bits per heavy atom. The number of rotatable bonds is 6. The van der Waals surface area contributed by atoms with Gasteiger partial charge in [0.15, 0.2) is 5.71 Å². The molecule has 0 unspecified atom stereocenters. The van der Waals surface area contributed by atoms with Crippen molar-refractivity contribution >= 4 is 23.2 Å². The first-order valence-corrected chi connectivity index (χ1v) is 7.33. The van der Waals surface area contributed by atoms with Crippen molar-refractivity contribution in [3.05, 3.63) is 64.7 Å². The zero-order valence-electron chi connectivity index (χ0n) is 12.9. The van der Waals surface area contributed by atoms with E-state index < -0.39 is 0 Å². The van der Waals surface area contributed by atoms with Gasteiger partial charge in [-0.05, 0) is 23.8 Å². The van der Waals surface area contributed by atoms with Gasteiger partial charge in [0.05, 0.1) is 0 Å². The van der Waals surface area contributed by atoms with Crippen molar-refractivity contribution in [2.24, 2.45) is 5.16 Å². The first kappa shape index (κ1) is 16.8. The fourth-order valence-corrected chi connectivity index (χ4v) is 2.20. The lowest BCUT2D eigenvalue weighted by atomic mass is 10.0. The Balaban J connectivity index is 2.26. The number of amides is 1. The molecule has 2 aromatic rings. The second-order valence-corrected chi connectivity index (χ2v) is 5.04. The van der Waals surface area contributed by atoms with Crippen LogP contribution in [0, 0.1) is 0 Å². The second kappa shape index (κ2) is 8.19. The number of ether oxygens (including phenoxy) is 1. The molecule has 0 saturated heterocycles. The summed E-state index contributed by atoms with van der Waals surface area (Å²) < 4.78 is 5.74. The van der Waals surface area contributed by atoms with Gasteiger partial charge in [-0.1, -0.05) is 47.1 Å². The largest absolute Gasteiger partial charge is 0.489 e. The smallest absolute Gasteiger partial charge is 0.273 e. The van der Waals surface area contributed by atoms with Gasteiger partial charge in [0, 0.05) is 17.6 Å². The molecule has 0 radical (unpaired) electrons. The molecule has 0 heterocycles. The molecule has 0 aliphatic heterocycles. The third-order valence-electron chi connectivity index (χ3n) is 3.09. The van der Waals surface area contributed by atoms with Gasteiger partial charge in [0.1, 0.15) is 19.5 Å². The fourth-order valence-electron chi connectivity index (χ4n) is 2.02. The molecule has 0 aliphatic rings. The number of hydrogen-bond acceptors (Lipinski definition) is 4. The van der Waals surface area contributed by atoms with Crippen molar-refractivity contribution < 1.29 is 14.4 Å². The van der Waals surface area contributed by atoms with Crippen LogP contribution in [0.3, 0.4) is 0 Å². The summed E-state index contributed by atoms with van der Waals surface area (Å²) in [5, 5.41) is 6.97. The summed E-state index contributed by atoms with van der Waals surface area (Å²) in [5.74, 6) is 0.319. The van der Waals surface area contributed by atoms with Crippen molar-refractivity contribution in [1.29, 1.82) is 0 Å². The summed E-state index contributed by atoms with van der Waals surface area (Å²) in [6, 6.07) is 14.5. The Kier molecular flexibility index (Phi) is 6.00. The van der Waals surface area contributed by atoms with Crippen LogP contribution in [0.5, 0.6) is 5.75 Å². The number of halogens is 1. The molecule has 2 rings (SSSR count). The van der Waals surface area contributed by atoms with Gasteiger partial charge in [-0.15, -0.1) is 0 Å². The van der Waals surface area contributed by atoms with Gasteiger partial charge in [-0.25, -0.2) is 0 Å². The molecule has 0 saturated carbocycles. The van der Waals surface area contributed by atoms with Crippen molar-refractivity contribution in [3.63, 3.8) is 0 Å². The molecule has 0 bridgehead atoms. The van der Waals surface area contributed by atoms with E-state index in [1.54, 1.807) is 25.2 Å². The highest BCUT2D eigenvalue weighted by molar-refractivity contribution is 6.45. The Hall–Kier alpha value is -2.53. The third-order valence-corrected chi connectivity index (χ3v) is 3.32. The molecule has 5 nitrogen and oxygen atoms in total. The molecule has 6 heteroatoms. The molecule has 23 heavy (non-hydrogen) atoms. The van der Waals surface area contributed by atoms with Crippen LogP contribution in [0.2, 0.25) is 5.02 Å². The molecule has 0 spiro atoms. The van der Waals surface area contributed by atoms with Gasteiger partial charge in [-0.2, -0.15) is 0 Å². The summed E-state index contributed by atoms with van der Waals surface area (Å²) in [6.07, 6.45) is 0. The van der Waals surface area contributed by atoms with Crippen LogP contribution in [0.15, 0.2) is 53.7 Å². The van der Waals surface area contributed by atoms with Crippen LogP contribution in [0.1, 0.15) is 11.1 Å². The van der Waals surface area contributed by atoms with E-state index in [1.807, 2.05) is 30.3 Å². The Morgan fingerprint density at radius 2 is 2.00 bits per heavy atom. The maximum Gasteiger partial charge on any atom is 0.273 e. The summed E-state index contributed by atoms with van der Waals surface area (Å²) in [5.41, 5.74) is 1.66. The van der Waals surface area contributed by atoms with E-state index in [0.717, 1.165) is 5.56 Å². The Labute approximate surface area is 139 Å². The first-order valence-electron chi connectivity index (χ1n) is 6.95. The number of nitrogens with zero attached hydrogens (tertiary/aromatic N) is 1. The summed E-state index contributed by atoms with van der Waals surface area (Å²) in [4.78, 5) is 16.8. The highest BCUT2D eigenvalue weighted by Crippen LogP contribution is 2.19. The highest BCUT2D eigenvalue weighted by Gasteiger charge is 2.17. The lowest BCUT2D eigenvalue weighted by Crippen LogP contribution is -2.29. The minimum Gasteiger partial charge on any atom is -0.489 e. The van der Waals surface area contributed by atoms with E-state index >= 15 is 0 Å². The number of benzene rings is 2. The molecule has 120 valence electrons. The standard InChI is InChI=1S/C17H17ClN2O3/c1-19-17(21)16(20-22-2)15-9-4-3-6-12(15)11-23-14-8-5-7-13(18)10-14/h3-10H,11H2,1-2H3,(H,19,21)/b20-16+. The Morgan fingerprint density at radius 3 is 2.70 bits per heavy atom. The van der Waals surface area contributed by atoms with E-state index in [0.29, 0.717) is 16.3 Å². The van der Waals surface area contributed by atoms with E-state index in [9.17, 15) is 4.79 Å². The molecule has 0 fully saturated rings. The molecular formula is C17H17ClN2O3. The minimum atomic E-state index is -0.331. The normalized spacial score (nSPS) is 11.0. The average molecular weight is 333 g/mol. The predicted octanol–water partition coefficient (Wildman–Crippen LogP) is 3.02. The molecule has 0 atom stereocenters. The van der Waals surface area contributed by atoms with Gasteiger partial charge >= 0.3 is 0 Å². The van der Waals surface area contributed by atoms with Gasteiger partial charge in [-0.3, -0.25) is 4.79 Å². The van der Waals surface area contributed by atoms with Crippen LogP contribution < -0.4 is 10.1 Å². The van der Waals surface area contributed by atoms with Crippen molar-refractivity contribution in [2.45, 2.75) is 6.61 Å². The molecule has 1 N–H and O–H groups in total. The number of nitrogens with one attached hydrogen (secondary N) is 1. The zero-order chi connectivity index (χ0) is 16.7. The van der Waals surface area contributed by atoms with Crippen LogP contribution in [0.25, 0.3) is 0 Å². The molecule has 1 amide bonds. The topological polar surface area (TPSA) is 59.9 Å². The molecule has 2 aromatic carbocycles. The summed E-state index contributed by atoms with van der Waals surface area (Å²) in [7, 11) is 2.94. The maximum atomic E-state index is 12.0. The summed E-state index contributed by atoms with van der Waals surface area (Å²) in [6.45, 7) is 0.274. The van der Waals surface area contributed by atoms with E-state index in [4.69, 9.17) is 21.2 Å². The maximum absolute atomic E-state index is 12.0. The van der Waals surface area contributed by atoms with E-state index in [-0.39, 0.29) is 18.2 Å². The SMILES string of the molecule is CNC(=O)/C(=N/OC)c1ccccc1COc1cccc(Cl)c1. The quantitative estimate of drug-likeness (QED) is 0.653. The van der Waals surface area contributed by atoms with Gasteiger partial charge < -0.3 is 14.9 Å². The zero-order valence-corrected chi connectivity index (χ0v) is 13.6. The minimum absolute atomic E-state index is 0.195. The van der Waals surface area contributed by atoms with Gasteiger partial charge in [0.25, 0.3) is 5.91 Å². The number of likely N-dealkylation sites (N-methyl/N-ethyl adjacent to an activating group) is 1. The predicted molar refractivity (Wildman–Crippen MR) is 89.8 cm³/mol. The lowest BCUT2D eigenvalue weighted by Gasteiger charge is -2.12. The molecule has 0 aromatic heterocycles. The fraction of sp³-hybridized carbons (Fsp3) is 0.176.